The second kappa shape index (κ2) is 6.87. The number of anilines is 2. The molecule has 1 amide bonds. The van der Waals surface area contributed by atoms with Gasteiger partial charge in [-0.05, 0) is 53.2 Å². The monoisotopic (exact) mass is 363 g/mol. The first-order valence-electron chi connectivity index (χ1n) is 8.28. The lowest BCUT2D eigenvalue weighted by molar-refractivity contribution is -0.113. The van der Waals surface area contributed by atoms with Gasteiger partial charge in [0.2, 0.25) is 5.95 Å². The fourth-order valence-corrected chi connectivity index (χ4v) is 3.03. The lowest BCUT2D eigenvalue weighted by Gasteiger charge is -2.27. The topological polar surface area (TPSA) is 107 Å². The van der Waals surface area contributed by atoms with Crippen LogP contribution in [0.4, 0.5) is 11.6 Å². The van der Waals surface area contributed by atoms with Gasteiger partial charge in [-0.1, -0.05) is 11.2 Å². The zero-order valence-corrected chi connectivity index (χ0v) is 14.7. The number of allylic oxidation sites excluding steroid dienone is 1. The number of pyridine rings is 1. The Balaban J connectivity index is 1.70. The van der Waals surface area contributed by atoms with Crippen LogP contribution in [-0.4, -0.2) is 38.2 Å². The van der Waals surface area contributed by atoms with Gasteiger partial charge in [0.1, 0.15) is 11.8 Å². The number of tetrazole rings is 1. The number of amides is 1. The molecule has 27 heavy (non-hydrogen) atoms. The van der Waals surface area contributed by atoms with E-state index in [9.17, 15) is 4.79 Å². The normalized spacial score (nSPS) is 15.7. The molecule has 1 aliphatic rings. The number of carbonyl (C=O) groups excluding carboxylic acids is 1. The Labute approximate surface area is 155 Å². The second-order valence-corrected chi connectivity index (χ2v) is 5.98. The molecule has 0 aliphatic carbocycles. The number of aromatic nitrogens is 5. The third-order valence-electron chi connectivity index (χ3n) is 4.31. The summed E-state index contributed by atoms with van der Waals surface area (Å²) in [5, 5.41) is 17.7. The first-order chi connectivity index (χ1) is 13.2. The molecule has 1 atom stereocenters. The summed E-state index contributed by atoms with van der Waals surface area (Å²) in [5.74, 6) is 0.941. The lowest BCUT2D eigenvalue weighted by atomic mass is 9.96. The molecule has 0 bridgehead atoms. The summed E-state index contributed by atoms with van der Waals surface area (Å²) < 4.78 is 6.72. The van der Waals surface area contributed by atoms with E-state index in [1.165, 1.54) is 0 Å². The summed E-state index contributed by atoms with van der Waals surface area (Å²) in [6.45, 7) is 1.82. The van der Waals surface area contributed by atoms with E-state index < -0.39 is 6.04 Å². The minimum Gasteiger partial charge on any atom is -0.497 e. The van der Waals surface area contributed by atoms with Crippen molar-refractivity contribution in [1.29, 1.82) is 0 Å². The first kappa shape index (κ1) is 16.7. The van der Waals surface area contributed by atoms with Gasteiger partial charge in [-0.15, -0.1) is 0 Å². The molecule has 136 valence electrons. The average molecular weight is 363 g/mol. The number of hydrogen-bond donors (Lipinski definition) is 2. The molecular weight excluding hydrogens is 346 g/mol. The Morgan fingerprint density at radius 3 is 2.78 bits per heavy atom. The fourth-order valence-electron chi connectivity index (χ4n) is 3.03. The predicted molar refractivity (Wildman–Crippen MR) is 98.1 cm³/mol. The largest absolute Gasteiger partial charge is 0.497 e. The fraction of sp³-hybridized carbons (Fsp3) is 0.167. The average Bonchev–Trinajstić information content (AvgIpc) is 3.16. The molecule has 0 saturated heterocycles. The molecule has 9 heteroatoms. The van der Waals surface area contributed by atoms with Crippen molar-refractivity contribution in [2.45, 2.75) is 13.0 Å². The highest BCUT2D eigenvalue weighted by atomic mass is 16.5. The molecule has 0 spiro atoms. The highest BCUT2D eigenvalue weighted by molar-refractivity contribution is 6.06. The van der Waals surface area contributed by atoms with Crippen LogP contribution in [0.15, 0.2) is 60.1 Å². The summed E-state index contributed by atoms with van der Waals surface area (Å²) >= 11 is 0. The number of methoxy groups -OCH3 is 1. The molecule has 3 heterocycles. The SMILES string of the molecule is COc1ccc(NC(=O)C2=C(C)Nc3nnnn3[C@@H]2c2cccnc2)cc1. The maximum absolute atomic E-state index is 13.1. The molecule has 1 aromatic carbocycles. The first-order valence-corrected chi connectivity index (χ1v) is 8.28. The van der Waals surface area contributed by atoms with Crippen LogP contribution in [0, 0.1) is 0 Å². The number of rotatable bonds is 4. The minimum absolute atomic E-state index is 0.250. The van der Waals surface area contributed by atoms with Crippen molar-refractivity contribution < 1.29 is 9.53 Å². The van der Waals surface area contributed by atoms with Gasteiger partial charge in [0, 0.05) is 23.8 Å². The molecule has 2 N–H and O–H groups in total. The zero-order valence-electron chi connectivity index (χ0n) is 14.7. The van der Waals surface area contributed by atoms with Crippen LogP contribution in [0.25, 0.3) is 0 Å². The standard InChI is InChI=1S/C18H17N7O2/c1-11-15(17(26)21-13-5-7-14(27-2)8-6-13)16(12-4-3-9-19-10-12)25-18(20-11)22-23-24-25/h3-10,16H,1-2H3,(H,21,26)(H,20,22,24)/t16-/m1/s1. The molecule has 3 aromatic rings. The van der Waals surface area contributed by atoms with Gasteiger partial charge < -0.3 is 15.4 Å². The Hall–Kier alpha value is -3.75. The van der Waals surface area contributed by atoms with Crippen LogP contribution >= 0.6 is 0 Å². The number of fused-ring (bicyclic) bond motifs is 1. The van der Waals surface area contributed by atoms with Crippen molar-refractivity contribution >= 4 is 17.5 Å². The molecule has 2 aromatic heterocycles. The number of carbonyl (C=O) groups is 1. The molecule has 1 aliphatic heterocycles. The van der Waals surface area contributed by atoms with E-state index in [0.29, 0.717) is 28.7 Å². The highest BCUT2D eigenvalue weighted by Gasteiger charge is 2.34. The van der Waals surface area contributed by atoms with E-state index >= 15 is 0 Å². The summed E-state index contributed by atoms with van der Waals surface area (Å²) in [6.07, 6.45) is 3.38. The Morgan fingerprint density at radius 2 is 2.07 bits per heavy atom. The van der Waals surface area contributed by atoms with E-state index in [0.717, 1.165) is 5.56 Å². The molecule has 0 radical (unpaired) electrons. The summed E-state index contributed by atoms with van der Waals surface area (Å²) in [6, 6.07) is 10.4. The van der Waals surface area contributed by atoms with Gasteiger partial charge in [-0.25, -0.2) is 0 Å². The van der Waals surface area contributed by atoms with Crippen molar-refractivity contribution in [1.82, 2.24) is 25.2 Å². The summed E-state index contributed by atoms with van der Waals surface area (Å²) in [5.41, 5.74) is 2.66. The third kappa shape index (κ3) is 3.10. The molecule has 0 fully saturated rings. The Morgan fingerprint density at radius 1 is 1.26 bits per heavy atom. The number of nitrogens with zero attached hydrogens (tertiary/aromatic N) is 5. The van der Waals surface area contributed by atoms with Crippen molar-refractivity contribution in [2.75, 3.05) is 17.7 Å². The maximum atomic E-state index is 13.1. The molecule has 0 saturated carbocycles. The molecular formula is C18H17N7O2. The molecule has 0 unspecified atom stereocenters. The lowest BCUT2D eigenvalue weighted by Crippen LogP contribution is -2.31. The van der Waals surface area contributed by atoms with Crippen molar-refractivity contribution in [2.24, 2.45) is 0 Å². The van der Waals surface area contributed by atoms with Crippen LogP contribution < -0.4 is 15.4 Å². The zero-order chi connectivity index (χ0) is 18.8. The van der Waals surface area contributed by atoms with E-state index in [2.05, 4.69) is 31.1 Å². The number of hydrogen-bond acceptors (Lipinski definition) is 7. The third-order valence-corrected chi connectivity index (χ3v) is 4.31. The summed E-state index contributed by atoms with van der Waals surface area (Å²) in [4.78, 5) is 17.3. The molecule has 4 rings (SSSR count). The van der Waals surface area contributed by atoms with E-state index in [1.54, 1.807) is 48.5 Å². The van der Waals surface area contributed by atoms with Gasteiger partial charge in [-0.2, -0.15) is 4.68 Å². The van der Waals surface area contributed by atoms with Gasteiger partial charge >= 0.3 is 0 Å². The van der Waals surface area contributed by atoms with E-state index in [1.807, 2.05) is 19.1 Å². The second-order valence-electron chi connectivity index (χ2n) is 5.98. The van der Waals surface area contributed by atoms with Gasteiger partial charge in [-0.3, -0.25) is 9.78 Å². The van der Waals surface area contributed by atoms with E-state index in [-0.39, 0.29) is 5.91 Å². The smallest absolute Gasteiger partial charge is 0.255 e. The van der Waals surface area contributed by atoms with Crippen LogP contribution in [0.2, 0.25) is 0 Å². The van der Waals surface area contributed by atoms with Crippen molar-refractivity contribution in [3.05, 3.63) is 65.6 Å². The van der Waals surface area contributed by atoms with Gasteiger partial charge in [0.25, 0.3) is 5.91 Å². The van der Waals surface area contributed by atoms with Crippen LogP contribution in [-0.2, 0) is 4.79 Å². The van der Waals surface area contributed by atoms with Crippen molar-refractivity contribution in [3.63, 3.8) is 0 Å². The molecule has 9 nitrogen and oxygen atoms in total. The highest BCUT2D eigenvalue weighted by Crippen LogP contribution is 2.34. The maximum Gasteiger partial charge on any atom is 0.255 e. The number of nitrogens with one attached hydrogen (secondary N) is 2. The summed E-state index contributed by atoms with van der Waals surface area (Å²) in [7, 11) is 1.59. The van der Waals surface area contributed by atoms with Crippen LogP contribution in [0.3, 0.4) is 0 Å². The number of benzene rings is 1. The van der Waals surface area contributed by atoms with Gasteiger partial charge in [0.05, 0.1) is 12.7 Å². The minimum atomic E-state index is -0.483. The van der Waals surface area contributed by atoms with Gasteiger partial charge in [0.15, 0.2) is 0 Å². The number of ether oxygens (including phenoxy) is 1. The quantitative estimate of drug-likeness (QED) is 0.730. The van der Waals surface area contributed by atoms with Crippen molar-refractivity contribution in [3.8, 4) is 5.75 Å². The predicted octanol–water partition coefficient (Wildman–Crippen LogP) is 2.00. The van der Waals surface area contributed by atoms with Crippen LogP contribution in [0.5, 0.6) is 5.75 Å². The van der Waals surface area contributed by atoms with Crippen LogP contribution in [0.1, 0.15) is 18.5 Å². The Kier molecular flexibility index (Phi) is 4.25. The Bertz CT molecular complexity index is 996. The van der Waals surface area contributed by atoms with E-state index in [4.69, 9.17) is 4.74 Å².